The number of aliphatic hydroxyl groups excluding tert-OH is 1. The van der Waals surface area contributed by atoms with Crippen molar-refractivity contribution in [2.24, 2.45) is 5.92 Å². The second-order valence-corrected chi connectivity index (χ2v) is 8.70. The number of nitrogens with one attached hydrogen (secondary N) is 2. The van der Waals surface area contributed by atoms with E-state index in [0.29, 0.717) is 6.42 Å². The molecule has 1 aromatic heterocycles. The zero-order chi connectivity index (χ0) is 26.2. The van der Waals surface area contributed by atoms with Gasteiger partial charge in [-0.05, 0) is 17.9 Å². The number of aliphatic carboxylic acids is 1. The zero-order valence-corrected chi connectivity index (χ0v) is 19.7. The Morgan fingerprint density at radius 2 is 1.86 bits per heavy atom. The van der Waals surface area contributed by atoms with E-state index in [0.717, 1.165) is 5.56 Å². The van der Waals surface area contributed by atoms with Crippen LogP contribution in [0.1, 0.15) is 36.3 Å². The lowest BCUT2D eigenvalue weighted by molar-refractivity contribution is -0.157. The first-order valence-electron chi connectivity index (χ1n) is 11.3. The molecule has 0 bridgehead atoms. The van der Waals surface area contributed by atoms with E-state index in [1.807, 2.05) is 19.9 Å². The molecule has 1 aromatic carbocycles. The number of rotatable bonds is 11. The van der Waals surface area contributed by atoms with Gasteiger partial charge in [0.05, 0.1) is 12.1 Å². The van der Waals surface area contributed by atoms with Crippen LogP contribution in [0.25, 0.3) is 0 Å². The van der Waals surface area contributed by atoms with Crippen molar-refractivity contribution in [3.8, 4) is 0 Å². The molecule has 0 saturated carbocycles. The molecule has 0 radical (unpaired) electrons. The molecule has 1 saturated heterocycles. The Bertz CT molecular complexity index is 1070. The lowest BCUT2D eigenvalue weighted by atomic mass is 9.74. The van der Waals surface area contributed by atoms with E-state index in [2.05, 4.69) is 20.6 Å². The molecule has 4 N–H and O–H groups in total. The molecule has 190 valence electrons. The summed E-state index contributed by atoms with van der Waals surface area (Å²) in [6.07, 6.45) is 0.653. The van der Waals surface area contributed by atoms with Crippen LogP contribution >= 0.6 is 0 Å². The summed E-state index contributed by atoms with van der Waals surface area (Å²) in [7, 11) is -1.32. The average Bonchev–Trinajstić information content (AvgIpc) is 3.24. The van der Waals surface area contributed by atoms with Gasteiger partial charge in [0.2, 0.25) is 5.91 Å². The number of carbonyl (C=O) groups excluding carboxylic acids is 3. The van der Waals surface area contributed by atoms with Gasteiger partial charge in [0.1, 0.15) is 11.7 Å². The van der Waals surface area contributed by atoms with Crippen LogP contribution in [0.5, 0.6) is 0 Å². The van der Waals surface area contributed by atoms with Gasteiger partial charge < -0.3 is 30.2 Å². The van der Waals surface area contributed by atoms with Crippen LogP contribution in [0.2, 0.25) is 0 Å². The van der Waals surface area contributed by atoms with E-state index < -0.39 is 55.1 Å². The number of aromatic nitrogens is 2. The third-order valence-electron chi connectivity index (χ3n) is 5.37. The minimum atomic E-state index is -2.12. The van der Waals surface area contributed by atoms with Gasteiger partial charge in [-0.15, -0.1) is 0 Å². The average molecular weight is 498 g/mol. The molecule has 2 aromatic rings. The van der Waals surface area contributed by atoms with Crippen molar-refractivity contribution in [2.75, 3.05) is 0 Å². The van der Waals surface area contributed by atoms with E-state index in [-0.39, 0.29) is 18.0 Å². The highest BCUT2D eigenvalue weighted by atomic mass is 16.7. The van der Waals surface area contributed by atoms with Gasteiger partial charge in [-0.3, -0.25) is 19.4 Å². The lowest BCUT2D eigenvalue weighted by Crippen LogP contribution is -2.55. The van der Waals surface area contributed by atoms with Gasteiger partial charge in [0.25, 0.3) is 5.91 Å². The summed E-state index contributed by atoms with van der Waals surface area (Å²) in [6, 6.07) is 8.00. The van der Waals surface area contributed by atoms with Crippen LogP contribution in [0.3, 0.4) is 0 Å². The summed E-state index contributed by atoms with van der Waals surface area (Å²) < 4.78 is 10.5. The van der Waals surface area contributed by atoms with Crippen LogP contribution < -0.4 is 10.6 Å². The summed E-state index contributed by atoms with van der Waals surface area (Å²) >= 11 is 0. The van der Waals surface area contributed by atoms with Crippen molar-refractivity contribution in [2.45, 2.75) is 50.9 Å². The minimum Gasteiger partial charge on any atom is -0.506 e. The predicted octanol–water partition coefficient (Wildman–Crippen LogP) is -0.236. The molecule has 0 aliphatic carbocycles. The van der Waals surface area contributed by atoms with Gasteiger partial charge in [-0.25, -0.2) is 9.78 Å². The Morgan fingerprint density at radius 1 is 1.14 bits per heavy atom. The standard InChI is InChI=1S/C23H27BN4O8/c1-13(2)10-17(24-35-19(23(34)36-24)18(29)22(32)33)28-20(30)15(11-14-6-4-3-5-7-14)27-21(31)16-12-25-8-9-26-16/h3-9,12-13,15,17-19,29H,10-11H2,1-2H3,(H,27,31)(H,28,30)(H,32,33)/t15-,17-,18+,19+/m0/s1. The van der Waals surface area contributed by atoms with Gasteiger partial charge in [0, 0.05) is 18.8 Å². The van der Waals surface area contributed by atoms with Crippen LogP contribution in [-0.2, 0) is 30.1 Å². The summed E-state index contributed by atoms with van der Waals surface area (Å²) in [5, 5.41) is 24.2. The van der Waals surface area contributed by atoms with Gasteiger partial charge in [0.15, 0.2) is 12.2 Å². The van der Waals surface area contributed by atoms with Crippen LogP contribution in [-0.4, -0.2) is 75.2 Å². The number of carboxylic acid groups (broad SMARTS) is 1. The number of carbonyl (C=O) groups is 4. The molecular formula is C23H27BN4O8. The highest BCUT2D eigenvalue weighted by molar-refractivity contribution is 6.51. The number of aliphatic hydroxyl groups is 1. The molecule has 2 amide bonds. The maximum Gasteiger partial charge on any atom is 0.552 e. The predicted molar refractivity (Wildman–Crippen MR) is 125 cm³/mol. The van der Waals surface area contributed by atoms with Crippen molar-refractivity contribution in [1.29, 1.82) is 0 Å². The molecule has 3 rings (SSSR count). The Morgan fingerprint density at radius 3 is 2.47 bits per heavy atom. The van der Waals surface area contributed by atoms with E-state index >= 15 is 0 Å². The Labute approximate surface area is 207 Å². The summed E-state index contributed by atoms with van der Waals surface area (Å²) in [4.78, 5) is 57.1. The molecule has 0 unspecified atom stereocenters. The summed E-state index contributed by atoms with van der Waals surface area (Å²) in [5.74, 6) is -4.73. The fourth-order valence-corrected chi connectivity index (χ4v) is 3.66. The van der Waals surface area contributed by atoms with E-state index in [1.54, 1.807) is 24.3 Å². The van der Waals surface area contributed by atoms with Gasteiger partial charge >= 0.3 is 19.1 Å². The van der Waals surface area contributed by atoms with Crippen LogP contribution in [0.4, 0.5) is 0 Å². The SMILES string of the molecule is CC(C)C[C@H](NC(=O)[C@H](Cc1ccccc1)NC(=O)c1cnccn1)B1OC(=O)[C@@H]([C@@H](O)C(=O)O)O1. The van der Waals surface area contributed by atoms with E-state index in [1.165, 1.54) is 18.6 Å². The topological polar surface area (TPSA) is 177 Å². The van der Waals surface area contributed by atoms with Crippen molar-refractivity contribution in [3.05, 3.63) is 60.2 Å². The monoisotopic (exact) mass is 498 g/mol. The molecule has 1 aliphatic rings. The first-order chi connectivity index (χ1) is 17.2. The number of nitrogens with zero attached hydrogens (tertiary/aromatic N) is 2. The first-order valence-corrected chi connectivity index (χ1v) is 11.3. The lowest BCUT2D eigenvalue weighted by Gasteiger charge is -2.25. The highest BCUT2D eigenvalue weighted by Gasteiger charge is 2.50. The second kappa shape index (κ2) is 12.2. The normalized spacial score (nSPS) is 17.7. The number of amides is 2. The van der Waals surface area contributed by atoms with E-state index in [9.17, 15) is 24.3 Å². The van der Waals surface area contributed by atoms with E-state index in [4.69, 9.17) is 14.4 Å². The summed E-state index contributed by atoms with van der Waals surface area (Å²) in [5.41, 5.74) is 0.811. The van der Waals surface area contributed by atoms with Crippen molar-refractivity contribution in [1.82, 2.24) is 20.6 Å². The molecular weight excluding hydrogens is 471 g/mol. The molecule has 1 aliphatic heterocycles. The highest BCUT2D eigenvalue weighted by Crippen LogP contribution is 2.20. The van der Waals surface area contributed by atoms with Crippen LogP contribution in [0, 0.1) is 5.92 Å². The number of benzene rings is 1. The molecule has 13 heteroatoms. The van der Waals surface area contributed by atoms with Crippen molar-refractivity contribution < 1.29 is 38.7 Å². The largest absolute Gasteiger partial charge is 0.552 e. The maximum absolute atomic E-state index is 13.4. The number of hydrogen-bond donors (Lipinski definition) is 4. The Hall–Kier alpha value is -3.84. The fraction of sp³-hybridized carbons (Fsp3) is 0.391. The minimum absolute atomic E-state index is 0.0165. The molecule has 36 heavy (non-hydrogen) atoms. The van der Waals surface area contributed by atoms with Crippen molar-refractivity contribution in [3.63, 3.8) is 0 Å². The maximum atomic E-state index is 13.4. The zero-order valence-electron chi connectivity index (χ0n) is 19.7. The van der Waals surface area contributed by atoms with Crippen LogP contribution in [0.15, 0.2) is 48.9 Å². The fourth-order valence-electron chi connectivity index (χ4n) is 3.66. The molecule has 2 heterocycles. The third kappa shape index (κ3) is 7.09. The smallest absolute Gasteiger partial charge is 0.506 e. The number of hydrogen-bond acceptors (Lipinski definition) is 9. The van der Waals surface area contributed by atoms with Gasteiger partial charge in [-0.2, -0.15) is 0 Å². The molecule has 1 fully saturated rings. The quantitative estimate of drug-likeness (QED) is 0.303. The third-order valence-corrected chi connectivity index (χ3v) is 5.37. The Balaban J connectivity index is 1.79. The van der Waals surface area contributed by atoms with Crippen molar-refractivity contribution >= 4 is 30.9 Å². The molecule has 12 nitrogen and oxygen atoms in total. The first kappa shape index (κ1) is 26.8. The molecule has 4 atom stereocenters. The summed E-state index contributed by atoms with van der Waals surface area (Å²) in [6.45, 7) is 3.74. The Kier molecular flexibility index (Phi) is 9.09. The molecule has 0 spiro atoms. The second-order valence-electron chi connectivity index (χ2n) is 8.70. The number of carboxylic acids is 1. The van der Waals surface area contributed by atoms with Gasteiger partial charge in [-0.1, -0.05) is 44.2 Å².